The van der Waals surface area contributed by atoms with Crippen LogP contribution in [0.3, 0.4) is 0 Å². The lowest BCUT2D eigenvalue weighted by atomic mass is 10.2. The zero-order chi connectivity index (χ0) is 28.7. The van der Waals surface area contributed by atoms with Crippen LogP contribution in [0.25, 0.3) is 0 Å². The Kier molecular flexibility index (Phi) is 10.9. The lowest BCUT2D eigenvalue weighted by molar-refractivity contribution is -0.118. The molecule has 12 heteroatoms. The Morgan fingerprint density at radius 3 is 1.72 bits per heavy atom. The van der Waals surface area contributed by atoms with E-state index in [-0.39, 0.29) is 10.8 Å². The molecule has 3 aromatic rings. The molecular formula is C27H36N6O3S3. The third-order valence-electron chi connectivity index (χ3n) is 5.90. The van der Waals surface area contributed by atoms with Gasteiger partial charge in [0, 0.05) is 53.1 Å². The Hall–Kier alpha value is -2.54. The van der Waals surface area contributed by atoms with Crippen molar-refractivity contribution in [3.63, 3.8) is 0 Å². The molecule has 0 unspecified atom stereocenters. The maximum absolute atomic E-state index is 13.5. The SMILES string of the molecule is CCN(CC)S(=O)(=O)c1cc(NC(=O)C(CSc2nc(C)cc(C)n2)CSc2nc(C)cc(C)n2)ccc1C. The van der Waals surface area contributed by atoms with Crippen molar-refractivity contribution in [3.8, 4) is 0 Å². The van der Waals surface area contributed by atoms with E-state index in [1.165, 1.54) is 33.9 Å². The number of nitrogens with one attached hydrogen (secondary N) is 1. The van der Waals surface area contributed by atoms with Crippen LogP contribution in [0, 0.1) is 40.5 Å². The highest BCUT2D eigenvalue weighted by Gasteiger charge is 2.25. The Bertz CT molecular complexity index is 1330. The molecular weight excluding hydrogens is 553 g/mol. The summed E-state index contributed by atoms with van der Waals surface area (Å²) in [6.45, 7) is 13.8. The van der Waals surface area contributed by atoms with E-state index in [4.69, 9.17) is 0 Å². The maximum atomic E-state index is 13.5. The standard InChI is InChI=1S/C27H36N6O3S3/c1-8-33(9-2)39(35,36)24-14-23(11-10-17(24)3)32-25(34)22(15-37-26-28-18(4)12-19(5)29-26)16-38-27-30-20(6)13-21(7)31-27/h10-14,22H,8-9,15-16H2,1-7H3,(H,32,34). The van der Waals surface area contributed by atoms with Crippen molar-refractivity contribution < 1.29 is 13.2 Å². The zero-order valence-corrected chi connectivity index (χ0v) is 25.9. The number of hydrogen-bond donors (Lipinski definition) is 1. The fourth-order valence-electron chi connectivity index (χ4n) is 3.97. The van der Waals surface area contributed by atoms with E-state index in [1.807, 2.05) is 39.8 Å². The number of thioether (sulfide) groups is 2. The molecule has 0 spiro atoms. The number of hydrogen-bond acceptors (Lipinski definition) is 9. The third-order valence-corrected chi connectivity index (χ3v) is 10.1. The van der Waals surface area contributed by atoms with E-state index in [0.29, 0.717) is 46.2 Å². The van der Waals surface area contributed by atoms with Crippen LogP contribution in [-0.2, 0) is 14.8 Å². The van der Waals surface area contributed by atoms with Crippen LogP contribution >= 0.6 is 23.5 Å². The molecule has 9 nitrogen and oxygen atoms in total. The summed E-state index contributed by atoms with van der Waals surface area (Å²) in [5, 5.41) is 4.17. The normalized spacial score (nSPS) is 11.8. The van der Waals surface area contributed by atoms with Crippen LogP contribution < -0.4 is 5.32 Å². The van der Waals surface area contributed by atoms with Gasteiger partial charge in [-0.05, 0) is 64.4 Å². The second-order valence-corrected chi connectivity index (χ2v) is 13.1. The minimum atomic E-state index is -3.68. The molecule has 0 aliphatic heterocycles. The summed E-state index contributed by atoms with van der Waals surface area (Å²) in [5.74, 6) is 0.197. The number of carbonyl (C=O) groups excluding carboxylic acids is 1. The van der Waals surface area contributed by atoms with E-state index in [9.17, 15) is 13.2 Å². The molecule has 1 amide bonds. The van der Waals surface area contributed by atoms with Gasteiger partial charge in [0.25, 0.3) is 0 Å². The van der Waals surface area contributed by atoms with Crippen molar-refractivity contribution >= 4 is 45.1 Å². The van der Waals surface area contributed by atoms with E-state index < -0.39 is 15.9 Å². The fourth-order valence-corrected chi connectivity index (χ4v) is 7.90. The molecule has 2 heterocycles. The molecule has 0 aliphatic rings. The van der Waals surface area contributed by atoms with E-state index in [2.05, 4.69) is 25.3 Å². The molecule has 3 rings (SSSR count). The second kappa shape index (κ2) is 13.7. The van der Waals surface area contributed by atoms with Gasteiger partial charge >= 0.3 is 0 Å². The molecule has 1 N–H and O–H groups in total. The first kappa shape index (κ1) is 31.0. The second-order valence-electron chi connectivity index (χ2n) is 9.24. The first-order chi connectivity index (χ1) is 18.4. The minimum Gasteiger partial charge on any atom is -0.326 e. The Morgan fingerprint density at radius 2 is 1.28 bits per heavy atom. The van der Waals surface area contributed by atoms with Crippen LogP contribution in [-0.4, -0.2) is 63.2 Å². The van der Waals surface area contributed by atoms with Crippen molar-refractivity contribution in [2.45, 2.75) is 63.7 Å². The number of sulfonamides is 1. The molecule has 0 saturated carbocycles. The summed E-state index contributed by atoms with van der Waals surface area (Å²) in [6, 6.07) is 8.80. The van der Waals surface area contributed by atoms with Crippen LogP contribution in [0.4, 0.5) is 5.69 Å². The van der Waals surface area contributed by atoms with Gasteiger partial charge in [0.1, 0.15) is 0 Å². The molecule has 210 valence electrons. The number of benzene rings is 1. The molecule has 0 radical (unpaired) electrons. The molecule has 0 fully saturated rings. The summed E-state index contributed by atoms with van der Waals surface area (Å²) < 4.78 is 27.8. The van der Waals surface area contributed by atoms with E-state index in [0.717, 1.165) is 22.8 Å². The van der Waals surface area contributed by atoms with Crippen molar-refractivity contribution in [1.82, 2.24) is 24.2 Å². The predicted molar refractivity (Wildman–Crippen MR) is 158 cm³/mol. The number of aromatic nitrogens is 4. The van der Waals surface area contributed by atoms with Gasteiger partial charge in [0.15, 0.2) is 10.3 Å². The van der Waals surface area contributed by atoms with Gasteiger partial charge in [-0.3, -0.25) is 4.79 Å². The lowest BCUT2D eigenvalue weighted by Gasteiger charge is -2.21. The number of amides is 1. The van der Waals surface area contributed by atoms with Crippen LogP contribution in [0.1, 0.15) is 42.2 Å². The van der Waals surface area contributed by atoms with Crippen molar-refractivity contribution in [1.29, 1.82) is 0 Å². The van der Waals surface area contributed by atoms with Gasteiger partial charge < -0.3 is 5.32 Å². The molecule has 0 aliphatic carbocycles. The topological polar surface area (TPSA) is 118 Å². The predicted octanol–water partition coefficient (Wildman–Crippen LogP) is 4.98. The fraction of sp³-hybridized carbons (Fsp3) is 0.444. The van der Waals surface area contributed by atoms with Gasteiger partial charge in [-0.2, -0.15) is 4.31 Å². The van der Waals surface area contributed by atoms with Gasteiger partial charge in [-0.1, -0.05) is 43.4 Å². The monoisotopic (exact) mass is 588 g/mol. The largest absolute Gasteiger partial charge is 0.326 e. The van der Waals surface area contributed by atoms with E-state index in [1.54, 1.807) is 32.9 Å². The Labute approximate surface area is 240 Å². The van der Waals surface area contributed by atoms with Crippen LogP contribution in [0.2, 0.25) is 0 Å². The molecule has 39 heavy (non-hydrogen) atoms. The van der Waals surface area contributed by atoms with Crippen molar-refractivity contribution in [2.75, 3.05) is 29.9 Å². The smallest absolute Gasteiger partial charge is 0.243 e. The Morgan fingerprint density at radius 1 is 0.821 bits per heavy atom. The van der Waals surface area contributed by atoms with Gasteiger partial charge in [-0.15, -0.1) is 0 Å². The van der Waals surface area contributed by atoms with E-state index >= 15 is 0 Å². The highest BCUT2D eigenvalue weighted by molar-refractivity contribution is 8.00. The molecule has 0 saturated heterocycles. The molecule has 0 atom stereocenters. The average Bonchev–Trinajstić information content (AvgIpc) is 2.84. The zero-order valence-electron chi connectivity index (χ0n) is 23.5. The van der Waals surface area contributed by atoms with Crippen molar-refractivity contribution in [2.24, 2.45) is 5.92 Å². The first-order valence-electron chi connectivity index (χ1n) is 12.7. The van der Waals surface area contributed by atoms with Crippen LogP contribution in [0.15, 0.2) is 45.5 Å². The summed E-state index contributed by atoms with van der Waals surface area (Å²) in [4.78, 5) is 31.7. The summed E-state index contributed by atoms with van der Waals surface area (Å²) in [7, 11) is -3.68. The maximum Gasteiger partial charge on any atom is 0.243 e. The van der Waals surface area contributed by atoms with Crippen molar-refractivity contribution in [3.05, 3.63) is 58.7 Å². The third kappa shape index (κ3) is 8.47. The first-order valence-corrected chi connectivity index (χ1v) is 16.2. The summed E-state index contributed by atoms with van der Waals surface area (Å²) >= 11 is 2.83. The van der Waals surface area contributed by atoms with Gasteiger partial charge in [0.05, 0.1) is 10.8 Å². The number of rotatable bonds is 12. The molecule has 0 bridgehead atoms. The molecule has 1 aromatic carbocycles. The number of aryl methyl sites for hydroxylation is 5. The number of anilines is 1. The number of carbonyl (C=O) groups is 1. The minimum absolute atomic E-state index is 0.191. The highest BCUT2D eigenvalue weighted by Crippen LogP contribution is 2.27. The lowest BCUT2D eigenvalue weighted by Crippen LogP contribution is -2.31. The van der Waals surface area contributed by atoms with Gasteiger partial charge in [-0.25, -0.2) is 28.4 Å². The molecule has 2 aromatic heterocycles. The Balaban J connectivity index is 1.84. The average molecular weight is 589 g/mol. The summed E-state index contributed by atoms with van der Waals surface area (Å²) in [6.07, 6.45) is 0. The van der Waals surface area contributed by atoms with Gasteiger partial charge in [0.2, 0.25) is 15.9 Å². The number of nitrogens with zero attached hydrogens (tertiary/aromatic N) is 5. The van der Waals surface area contributed by atoms with Crippen LogP contribution in [0.5, 0.6) is 0 Å². The summed E-state index contributed by atoms with van der Waals surface area (Å²) in [5.41, 5.74) is 4.52. The highest BCUT2D eigenvalue weighted by atomic mass is 32.2. The quantitative estimate of drug-likeness (QED) is 0.231.